The summed E-state index contributed by atoms with van der Waals surface area (Å²) >= 11 is 7.36. The Kier molecular flexibility index (Phi) is 3.54. The van der Waals surface area contributed by atoms with Gasteiger partial charge in [0, 0.05) is 43.6 Å². The molecule has 0 bridgehead atoms. The number of rotatable bonds is 4. The number of nitrogens with zero attached hydrogens (tertiary/aromatic N) is 3. The van der Waals surface area contributed by atoms with E-state index in [1.807, 2.05) is 0 Å². The predicted molar refractivity (Wildman–Crippen MR) is 73.2 cm³/mol. The minimum atomic E-state index is 0.667. The molecule has 94 valence electrons. The molecule has 1 N–H and O–H groups in total. The van der Waals surface area contributed by atoms with Crippen molar-refractivity contribution in [1.82, 2.24) is 19.7 Å². The Hall–Kier alpha value is -0.330. The number of hydrogen-bond donors (Lipinski definition) is 1. The third kappa shape index (κ3) is 2.74. The summed E-state index contributed by atoms with van der Waals surface area (Å²) in [5, 5.41) is 7.30. The van der Waals surface area contributed by atoms with E-state index in [-0.39, 0.29) is 0 Å². The Bertz CT molecular complexity index is 429. The highest BCUT2D eigenvalue weighted by Crippen LogP contribution is 2.38. The Morgan fingerprint density at radius 1 is 1.29 bits per heavy atom. The third-order valence-electron chi connectivity index (χ3n) is 3.47. The van der Waals surface area contributed by atoms with Crippen LogP contribution in [0.4, 0.5) is 0 Å². The van der Waals surface area contributed by atoms with Crippen LogP contribution < -0.4 is 0 Å². The maximum absolute atomic E-state index is 5.31. The van der Waals surface area contributed by atoms with Crippen molar-refractivity contribution in [3.8, 4) is 0 Å². The van der Waals surface area contributed by atoms with E-state index in [0.717, 1.165) is 17.9 Å². The van der Waals surface area contributed by atoms with Crippen molar-refractivity contribution in [2.45, 2.75) is 25.3 Å². The van der Waals surface area contributed by atoms with E-state index in [9.17, 15) is 0 Å². The largest absolute Gasteiger partial charge is 0.303 e. The van der Waals surface area contributed by atoms with Crippen molar-refractivity contribution in [3.63, 3.8) is 0 Å². The van der Waals surface area contributed by atoms with Gasteiger partial charge in [-0.1, -0.05) is 0 Å². The van der Waals surface area contributed by atoms with Gasteiger partial charge in [0.05, 0.1) is 0 Å². The molecule has 1 aromatic rings. The fourth-order valence-corrected chi connectivity index (χ4v) is 3.47. The first-order valence-electron chi connectivity index (χ1n) is 6.30. The van der Waals surface area contributed by atoms with Crippen LogP contribution in [0.25, 0.3) is 0 Å². The Morgan fingerprint density at radius 2 is 2.06 bits per heavy atom. The lowest BCUT2D eigenvalue weighted by Gasteiger charge is -2.26. The molecule has 2 fully saturated rings. The van der Waals surface area contributed by atoms with Gasteiger partial charge in [0.1, 0.15) is 5.82 Å². The second-order valence-electron chi connectivity index (χ2n) is 4.77. The zero-order valence-corrected chi connectivity index (χ0v) is 11.5. The monoisotopic (exact) mass is 270 g/mol. The highest BCUT2D eigenvalue weighted by Gasteiger charge is 2.29. The molecular formula is C11H18N4S2. The van der Waals surface area contributed by atoms with Gasteiger partial charge in [-0.2, -0.15) is 16.9 Å². The fourth-order valence-electron chi connectivity index (χ4n) is 2.27. The van der Waals surface area contributed by atoms with Gasteiger partial charge >= 0.3 is 0 Å². The summed E-state index contributed by atoms with van der Waals surface area (Å²) in [5.74, 6) is 4.39. The molecule has 3 rings (SSSR count). The first-order valence-corrected chi connectivity index (χ1v) is 7.86. The molecule has 0 radical (unpaired) electrons. The summed E-state index contributed by atoms with van der Waals surface area (Å²) < 4.78 is 2.99. The zero-order chi connectivity index (χ0) is 11.7. The van der Waals surface area contributed by atoms with Crippen molar-refractivity contribution >= 4 is 24.0 Å². The van der Waals surface area contributed by atoms with Crippen LogP contribution in [-0.4, -0.2) is 50.8 Å². The summed E-state index contributed by atoms with van der Waals surface area (Å²) in [6.45, 7) is 4.53. The summed E-state index contributed by atoms with van der Waals surface area (Å²) in [4.78, 5) is 2.53. The van der Waals surface area contributed by atoms with Gasteiger partial charge in [0.15, 0.2) is 4.77 Å². The van der Waals surface area contributed by atoms with Gasteiger partial charge in [-0.05, 0) is 25.1 Å². The van der Waals surface area contributed by atoms with Crippen molar-refractivity contribution in [1.29, 1.82) is 0 Å². The lowest BCUT2D eigenvalue weighted by molar-refractivity contribution is 0.287. The molecule has 0 aromatic carbocycles. The minimum Gasteiger partial charge on any atom is -0.303 e. The van der Waals surface area contributed by atoms with E-state index in [1.54, 1.807) is 0 Å². The molecular weight excluding hydrogens is 252 g/mol. The molecule has 17 heavy (non-hydrogen) atoms. The molecule has 2 aliphatic rings. The molecule has 6 heteroatoms. The van der Waals surface area contributed by atoms with Crippen molar-refractivity contribution in [2.24, 2.45) is 0 Å². The third-order valence-corrected chi connectivity index (χ3v) is 4.73. The quantitative estimate of drug-likeness (QED) is 0.848. The summed E-state index contributed by atoms with van der Waals surface area (Å²) in [7, 11) is 0. The van der Waals surface area contributed by atoms with E-state index in [0.29, 0.717) is 5.92 Å². The number of aromatic amines is 1. The van der Waals surface area contributed by atoms with E-state index in [4.69, 9.17) is 12.2 Å². The standard InChI is InChI=1S/C11H18N4S2/c16-11-13-12-10(9-1-2-9)15(11)4-3-14-5-7-17-8-6-14/h9H,1-8H2,(H,13,16). The van der Waals surface area contributed by atoms with Crippen LogP contribution in [0.5, 0.6) is 0 Å². The molecule has 0 amide bonds. The normalized spacial score (nSPS) is 21.9. The molecule has 0 unspecified atom stereocenters. The van der Waals surface area contributed by atoms with E-state index >= 15 is 0 Å². The maximum atomic E-state index is 5.31. The Balaban J connectivity index is 1.63. The van der Waals surface area contributed by atoms with Crippen molar-refractivity contribution in [2.75, 3.05) is 31.1 Å². The fraction of sp³-hybridized carbons (Fsp3) is 0.818. The Labute approximate surface area is 111 Å². The number of H-pyrrole nitrogens is 1. The lowest BCUT2D eigenvalue weighted by atomic mass is 10.4. The lowest BCUT2D eigenvalue weighted by Crippen LogP contribution is -2.35. The van der Waals surface area contributed by atoms with Gasteiger partial charge in [-0.3, -0.25) is 10.00 Å². The van der Waals surface area contributed by atoms with Gasteiger partial charge in [-0.25, -0.2) is 0 Å². The number of hydrogen-bond acceptors (Lipinski definition) is 4. The van der Waals surface area contributed by atoms with Gasteiger partial charge < -0.3 is 4.57 Å². The molecule has 4 nitrogen and oxygen atoms in total. The average Bonchev–Trinajstić information content (AvgIpc) is 3.13. The molecule has 1 aromatic heterocycles. The van der Waals surface area contributed by atoms with Crippen LogP contribution >= 0.6 is 24.0 Å². The highest BCUT2D eigenvalue weighted by molar-refractivity contribution is 7.99. The van der Waals surface area contributed by atoms with Crippen LogP contribution in [0.15, 0.2) is 0 Å². The summed E-state index contributed by atoms with van der Waals surface area (Å²) in [5.41, 5.74) is 0. The highest BCUT2D eigenvalue weighted by atomic mass is 32.2. The van der Waals surface area contributed by atoms with Crippen LogP contribution in [0, 0.1) is 4.77 Å². The van der Waals surface area contributed by atoms with E-state index in [1.165, 1.54) is 43.3 Å². The zero-order valence-electron chi connectivity index (χ0n) is 9.89. The molecule has 1 saturated carbocycles. The average molecular weight is 270 g/mol. The van der Waals surface area contributed by atoms with Crippen LogP contribution in [0.3, 0.4) is 0 Å². The molecule has 0 spiro atoms. The van der Waals surface area contributed by atoms with Crippen LogP contribution in [0.2, 0.25) is 0 Å². The second-order valence-corrected chi connectivity index (χ2v) is 6.38. The predicted octanol–water partition coefficient (Wildman–Crippen LogP) is 1.87. The smallest absolute Gasteiger partial charge is 0.195 e. The number of nitrogens with one attached hydrogen (secondary N) is 1. The number of aromatic nitrogens is 3. The van der Waals surface area contributed by atoms with Gasteiger partial charge in [-0.15, -0.1) is 0 Å². The Morgan fingerprint density at radius 3 is 2.76 bits per heavy atom. The first kappa shape index (κ1) is 11.7. The van der Waals surface area contributed by atoms with Crippen molar-refractivity contribution in [3.05, 3.63) is 10.6 Å². The summed E-state index contributed by atoms with van der Waals surface area (Å²) in [6, 6.07) is 0. The first-order chi connectivity index (χ1) is 8.34. The van der Waals surface area contributed by atoms with Crippen molar-refractivity contribution < 1.29 is 0 Å². The minimum absolute atomic E-state index is 0.667. The second kappa shape index (κ2) is 5.12. The van der Waals surface area contributed by atoms with Crippen LogP contribution in [0.1, 0.15) is 24.6 Å². The molecule has 0 atom stereocenters. The maximum Gasteiger partial charge on any atom is 0.195 e. The molecule has 1 aliphatic heterocycles. The van der Waals surface area contributed by atoms with E-state index in [2.05, 4.69) is 31.4 Å². The van der Waals surface area contributed by atoms with Gasteiger partial charge in [0.2, 0.25) is 0 Å². The molecule has 1 saturated heterocycles. The summed E-state index contributed by atoms with van der Waals surface area (Å²) in [6.07, 6.45) is 2.56. The molecule has 1 aliphatic carbocycles. The number of thioether (sulfide) groups is 1. The SMILES string of the molecule is S=c1[nH]nc(C2CC2)n1CCN1CCSCC1. The molecule has 2 heterocycles. The van der Waals surface area contributed by atoms with Gasteiger partial charge in [0.25, 0.3) is 0 Å². The van der Waals surface area contributed by atoms with E-state index < -0.39 is 0 Å². The topological polar surface area (TPSA) is 36.9 Å². The van der Waals surface area contributed by atoms with Crippen LogP contribution in [-0.2, 0) is 6.54 Å².